The van der Waals surface area contributed by atoms with Crippen molar-refractivity contribution in [2.75, 3.05) is 7.11 Å². The Balaban J connectivity index is 2.21. The van der Waals surface area contributed by atoms with E-state index in [-0.39, 0.29) is 0 Å². The second-order valence-electron chi connectivity index (χ2n) is 4.72. The molecule has 0 radical (unpaired) electrons. The van der Waals surface area contributed by atoms with Crippen molar-refractivity contribution < 1.29 is 24.1 Å². The molecule has 0 spiro atoms. The van der Waals surface area contributed by atoms with Crippen LogP contribution in [-0.4, -0.2) is 48.5 Å². The molecule has 7 heteroatoms. The van der Waals surface area contributed by atoms with Gasteiger partial charge in [0.1, 0.15) is 18.3 Å². The van der Waals surface area contributed by atoms with Crippen LogP contribution in [0.5, 0.6) is 0 Å². The van der Waals surface area contributed by atoms with Crippen LogP contribution in [0.2, 0.25) is 0 Å². The normalized spacial score (nSPS) is 37.7. The van der Waals surface area contributed by atoms with Crippen molar-refractivity contribution in [3.8, 4) is 0 Å². The van der Waals surface area contributed by atoms with Gasteiger partial charge in [-0.3, -0.25) is 0 Å². The third-order valence-electron chi connectivity index (χ3n) is 2.92. The molecule has 0 aromatic heterocycles. The lowest BCUT2D eigenvalue weighted by atomic mass is 9.94. The fraction of sp³-hybridized carbons (Fsp3) is 0.727. The fourth-order valence-corrected chi connectivity index (χ4v) is 2.73. The minimum absolute atomic E-state index is 0.415. The predicted molar refractivity (Wildman–Crippen MR) is 66.2 cm³/mol. The maximum atomic E-state index is 11.3. The van der Waals surface area contributed by atoms with Gasteiger partial charge < -0.3 is 24.6 Å². The summed E-state index contributed by atoms with van der Waals surface area (Å²) in [5.41, 5.74) is 0. The number of methoxy groups -OCH3 is 1. The quantitative estimate of drug-likeness (QED) is 0.750. The monoisotopic (exact) mass is 321 g/mol. The zero-order valence-electron chi connectivity index (χ0n) is 10.3. The number of rotatable bonds is 1. The Morgan fingerprint density at radius 2 is 2.11 bits per heavy atom. The van der Waals surface area contributed by atoms with Crippen molar-refractivity contribution in [2.24, 2.45) is 0 Å². The van der Waals surface area contributed by atoms with Crippen LogP contribution in [0.3, 0.4) is 0 Å². The molecule has 1 fully saturated rings. The number of fused-ring (bicyclic) bond motifs is 1. The number of carbonyl (C=O) groups excluding carboxylic acids is 1. The van der Waals surface area contributed by atoms with Gasteiger partial charge in [0.25, 0.3) is 0 Å². The van der Waals surface area contributed by atoms with Crippen molar-refractivity contribution in [1.29, 1.82) is 0 Å². The number of ether oxygens (including phenoxy) is 3. The highest BCUT2D eigenvalue weighted by atomic mass is 79.9. The molecule has 102 valence electrons. The van der Waals surface area contributed by atoms with Crippen LogP contribution >= 0.6 is 15.9 Å². The third-order valence-corrected chi connectivity index (χ3v) is 3.65. The zero-order chi connectivity index (χ0) is 13.5. The Morgan fingerprint density at radius 1 is 1.50 bits per heavy atom. The van der Waals surface area contributed by atoms with Crippen molar-refractivity contribution >= 4 is 22.0 Å². The molecule has 1 aliphatic carbocycles. The van der Waals surface area contributed by atoms with E-state index in [1.165, 1.54) is 7.11 Å². The number of carbonyl (C=O) groups is 1. The van der Waals surface area contributed by atoms with Gasteiger partial charge in [-0.05, 0) is 19.9 Å². The number of alkyl carbamates (subject to hydrolysis) is 1. The molecule has 1 amide bonds. The van der Waals surface area contributed by atoms with E-state index < -0.39 is 36.2 Å². The summed E-state index contributed by atoms with van der Waals surface area (Å²) in [7, 11) is 1.29. The first-order chi connectivity index (χ1) is 8.34. The molecule has 6 nitrogen and oxygen atoms in total. The molecule has 0 bridgehead atoms. The maximum absolute atomic E-state index is 11.3. The molecule has 2 aliphatic rings. The smallest absolute Gasteiger partial charge is 0.407 e. The second-order valence-corrected chi connectivity index (χ2v) is 5.64. The Hall–Kier alpha value is -0.630. The minimum Gasteiger partial charge on any atom is -0.453 e. The molecular weight excluding hydrogens is 306 g/mol. The zero-order valence-corrected chi connectivity index (χ0v) is 11.9. The van der Waals surface area contributed by atoms with Gasteiger partial charge in [0.2, 0.25) is 0 Å². The number of amides is 1. The van der Waals surface area contributed by atoms with Crippen molar-refractivity contribution in [1.82, 2.24) is 5.32 Å². The molecule has 1 heterocycles. The Kier molecular flexibility index (Phi) is 3.68. The summed E-state index contributed by atoms with van der Waals surface area (Å²) in [5, 5.41) is 12.7. The Morgan fingerprint density at radius 3 is 2.72 bits per heavy atom. The molecule has 18 heavy (non-hydrogen) atoms. The number of aliphatic hydroxyl groups is 1. The van der Waals surface area contributed by atoms with Crippen LogP contribution < -0.4 is 5.32 Å². The molecular formula is C11H16BrNO5. The van der Waals surface area contributed by atoms with Crippen molar-refractivity contribution in [3.63, 3.8) is 0 Å². The molecule has 0 aromatic rings. The fourth-order valence-electron chi connectivity index (χ4n) is 2.18. The van der Waals surface area contributed by atoms with Gasteiger partial charge in [0.05, 0.1) is 13.2 Å². The highest BCUT2D eigenvalue weighted by molar-refractivity contribution is 9.11. The summed E-state index contributed by atoms with van der Waals surface area (Å²) in [4.78, 5) is 11.3. The van der Waals surface area contributed by atoms with E-state index in [2.05, 4.69) is 26.0 Å². The van der Waals surface area contributed by atoms with E-state index >= 15 is 0 Å². The highest BCUT2D eigenvalue weighted by Crippen LogP contribution is 2.38. The van der Waals surface area contributed by atoms with Crippen LogP contribution in [0.15, 0.2) is 10.6 Å². The standard InChI is InChI=1S/C11H16BrNO5/c1-11(2)17-8-6(13-10(15)16-3)4-5(12)7(14)9(8)18-11/h4,6-9,14H,1-3H3,(H,13,15)/t6-,7+,8+,9-/m1/s1. The summed E-state index contributed by atoms with van der Waals surface area (Å²) in [5.74, 6) is -0.794. The molecule has 4 atom stereocenters. The van der Waals surface area contributed by atoms with Crippen LogP contribution in [0.1, 0.15) is 13.8 Å². The molecule has 1 aliphatic heterocycles. The average Bonchev–Trinajstić information content (AvgIpc) is 2.62. The van der Waals surface area contributed by atoms with Crippen molar-refractivity contribution in [3.05, 3.63) is 10.6 Å². The summed E-state index contributed by atoms with van der Waals surface area (Å²) in [6.45, 7) is 3.53. The van der Waals surface area contributed by atoms with Crippen LogP contribution in [0.25, 0.3) is 0 Å². The average molecular weight is 322 g/mol. The van der Waals surface area contributed by atoms with Crippen molar-refractivity contribution in [2.45, 2.75) is 44.0 Å². The van der Waals surface area contributed by atoms with Gasteiger partial charge in [-0.2, -0.15) is 0 Å². The van der Waals surface area contributed by atoms with Crippen LogP contribution in [-0.2, 0) is 14.2 Å². The maximum Gasteiger partial charge on any atom is 0.407 e. The summed E-state index contributed by atoms with van der Waals surface area (Å²) < 4.78 is 16.5. The lowest BCUT2D eigenvalue weighted by molar-refractivity contribution is -0.152. The molecule has 2 N–H and O–H groups in total. The van der Waals surface area contributed by atoms with Gasteiger partial charge in [-0.1, -0.05) is 15.9 Å². The molecule has 2 rings (SSSR count). The lowest BCUT2D eigenvalue weighted by Gasteiger charge is -2.32. The number of nitrogens with one attached hydrogen (secondary N) is 1. The van der Waals surface area contributed by atoms with Gasteiger partial charge >= 0.3 is 6.09 Å². The summed E-state index contributed by atoms with van der Waals surface area (Å²) in [6.07, 6.45) is -0.641. The lowest BCUT2D eigenvalue weighted by Crippen LogP contribution is -2.52. The molecule has 0 saturated carbocycles. The first-order valence-electron chi connectivity index (χ1n) is 5.59. The van der Waals surface area contributed by atoms with E-state index in [0.717, 1.165) is 0 Å². The molecule has 0 aromatic carbocycles. The van der Waals surface area contributed by atoms with Gasteiger partial charge in [0.15, 0.2) is 5.79 Å². The van der Waals surface area contributed by atoms with Gasteiger partial charge in [-0.15, -0.1) is 0 Å². The van der Waals surface area contributed by atoms with Gasteiger partial charge in [-0.25, -0.2) is 4.79 Å². The Bertz CT molecular complexity index is 384. The van der Waals surface area contributed by atoms with Crippen LogP contribution in [0, 0.1) is 0 Å². The largest absolute Gasteiger partial charge is 0.453 e. The number of halogens is 1. The topological polar surface area (TPSA) is 77.0 Å². The Labute approximate surface area is 113 Å². The van der Waals surface area contributed by atoms with E-state index in [4.69, 9.17) is 9.47 Å². The second kappa shape index (κ2) is 4.80. The van der Waals surface area contributed by atoms with E-state index in [1.807, 2.05) is 0 Å². The number of hydrogen-bond donors (Lipinski definition) is 2. The third kappa shape index (κ3) is 2.54. The highest BCUT2D eigenvalue weighted by Gasteiger charge is 2.51. The van der Waals surface area contributed by atoms with E-state index in [9.17, 15) is 9.90 Å². The van der Waals surface area contributed by atoms with E-state index in [0.29, 0.717) is 4.48 Å². The molecule has 0 unspecified atom stereocenters. The summed E-state index contributed by atoms with van der Waals surface area (Å²) >= 11 is 3.26. The number of aliphatic hydroxyl groups excluding tert-OH is 1. The SMILES string of the molecule is COC(=O)N[C@@H]1C=C(Br)[C@H](O)[C@H]2OC(C)(C)O[C@H]21. The minimum atomic E-state index is -0.799. The first kappa shape index (κ1) is 13.8. The van der Waals surface area contributed by atoms with Gasteiger partial charge in [0, 0.05) is 4.48 Å². The summed E-state index contributed by atoms with van der Waals surface area (Å²) in [6, 6.07) is -0.415. The van der Waals surface area contributed by atoms with E-state index in [1.54, 1.807) is 19.9 Å². The first-order valence-corrected chi connectivity index (χ1v) is 6.39. The number of hydrogen-bond acceptors (Lipinski definition) is 5. The molecule has 1 saturated heterocycles. The predicted octanol–water partition coefficient (Wildman–Crippen LogP) is 0.884. The van der Waals surface area contributed by atoms with Crippen LogP contribution in [0.4, 0.5) is 4.79 Å².